The van der Waals surface area contributed by atoms with E-state index in [1.807, 2.05) is 37.4 Å². The van der Waals surface area contributed by atoms with E-state index in [2.05, 4.69) is 46.7 Å². The van der Waals surface area contributed by atoms with E-state index in [0.29, 0.717) is 12.4 Å². The minimum atomic E-state index is -0.863. The van der Waals surface area contributed by atoms with Crippen molar-refractivity contribution in [3.8, 4) is 0 Å². The smallest absolute Gasteiger partial charge is 0.163 e. The van der Waals surface area contributed by atoms with Crippen LogP contribution in [0.15, 0.2) is 42.6 Å². The molecule has 144 valence electrons. The lowest BCUT2D eigenvalue weighted by atomic mass is 10.1. The maximum absolute atomic E-state index is 9.85. The minimum absolute atomic E-state index is 0.285. The largest absolute Gasteiger partial charge is 0.394 e. The molecule has 0 spiro atoms. The number of aromatic nitrogens is 3. The van der Waals surface area contributed by atoms with Crippen LogP contribution in [-0.2, 0) is 6.54 Å². The average molecular weight is 369 g/mol. The predicted molar refractivity (Wildman–Crippen MR) is 107 cm³/mol. The van der Waals surface area contributed by atoms with Crippen molar-refractivity contribution in [1.82, 2.24) is 14.6 Å². The molecule has 0 saturated carbocycles. The Labute approximate surface area is 159 Å². The molecule has 4 N–H and O–H groups in total. The van der Waals surface area contributed by atoms with Crippen LogP contribution in [0.3, 0.4) is 0 Å². The molecule has 3 aromatic rings. The van der Waals surface area contributed by atoms with Crippen LogP contribution in [0.2, 0.25) is 0 Å². The fourth-order valence-corrected chi connectivity index (χ4v) is 2.86. The maximum atomic E-state index is 9.85. The third-order valence-corrected chi connectivity index (χ3v) is 4.58. The summed E-state index contributed by atoms with van der Waals surface area (Å²) in [5.74, 6) is 1.72. The Morgan fingerprint density at radius 3 is 2.56 bits per heavy atom. The van der Waals surface area contributed by atoms with Crippen molar-refractivity contribution >= 4 is 17.3 Å². The van der Waals surface area contributed by atoms with Crippen LogP contribution >= 0.6 is 0 Å². The van der Waals surface area contributed by atoms with Gasteiger partial charge in [0.15, 0.2) is 5.65 Å². The molecule has 7 nitrogen and oxygen atoms in total. The summed E-state index contributed by atoms with van der Waals surface area (Å²) >= 11 is 0. The Morgan fingerprint density at radius 1 is 1.15 bits per heavy atom. The van der Waals surface area contributed by atoms with E-state index in [1.165, 1.54) is 0 Å². The first-order chi connectivity index (χ1) is 13.0. The van der Waals surface area contributed by atoms with Gasteiger partial charge in [-0.05, 0) is 18.4 Å². The molecule has 0 unspecified atom stereocenters. The van der Waals surface area contributed by atoms with E-state index in [-0.39, 0.29) is 18.6 Å². The van der Waals surface area contributed by atoms with Gasteiger partial charge in [-0.3, -0.25) is 0 Å². The van der Waals surface area contributed by atoms with E-state index < -0.39 is 6.10 Å². The van der Waals surface area contributed by atoms with Crippen LogP contribution in [0.1, 0.15) is 37.8 Å². The van der Waals surface area contributed by atoms with E-state index >= 15 is 0 Å². The number of benzene rings is 1. The van der Waals surface area contributed by atoms with Gasteiger partial charge >= 0.3 is 0 Å². The molecular formula is C20H27N5O2. The van der Waals surface area contributed by atoms with Crippen LogP contribution in [0.25, 0.3) is 5.65 Å². The molecule has 0 amide bonds. The van der Waals surface area contributed by atoms with Crippen molar-refractivity contribution < 1.29 is 10.2 Å². The molecule has 0 radical (unpaired) electrons. The molecule has 2 aromatic heterocycles. The Hall–Kier alpha value is -2.64. The monoisotopic (exact) mass is 369 g/mol. The van der Waals surface area contributed by atoms with Gasteiger partial charge in [-0.25, -0.2) is 4.98 Å². The van der Waals surface area contributed by atoms with Gasteiger partial charge in [-0.15, -0.1) is 0 Å². The molecular weight excluding hydrogens is 342 g/mol. The number of aliphatic hydroxyl groups is 2. The van der Waals surface area contributed by atoms with Gasteiger partial charge in [0.2, 0.25) is 0 Å². The summed E-state index contributed by atoms with van der Waals surface area (Å²) in [6, 6.07) is 11.7. The molecule has 0 aliphatic heterocycles. The average Bonchev–Trinajstić information content (AvgIpc) is 3.10. The maximum Gasteiger partial charge on any atom is 0.163 e. The molecule has 7 heteroatoms. The van der Waals surface area contributed by atoms with Gasteiger partial charge < -0.3 is 20.8 Å². The highest BCUT2D eigenvalue weighted by molar-refractivity contribution is 5.61. The SMILES string of the molecule is CC(C)c1cnn2c(NCc3ccccc3)cc(N[C@@H](C)[C@@H](O)CO)nc12. The zero-order chi connectivity index (χ0) is 19.4. The second-order valence-corrected chi connectivity index (χ2v) is 7.04. The number of hydrogen-bond donors (Lipinski definition) is 4. The van der Waals surface area contributed by atoms with Gasteiger partial charge in [-0.2, -0.15) is 9.61 Å². The molecule has 0 fully saturated rings. The Kier molecular flexibility index (Phi) is 5.93. The lowest BCUT2D eigenvalue weighted by molar-refractivity contribution is 0.0838. The number of aliphatic hydroxyl groups excluding tert-OH is 2. The highest BCUT2D eigenvalue weighted by Gasteiger charge is 2.17. The van der Waals surface area contributed by atoms with Crippen molar-refractivity contribution in [2.75, 3.05) is 17.2 Å². The van der Waals surface area contributed by atoms with Gasteiger partial charge in [-0.1, -0.05) is 44.2 Å². The third kappa shape index (κ3) is 4.37. The lowest BCUT2D eigenvalue weighted by Crippen LogP contribution is -2.33. The lowest BCUT2D eigenvalue weighted by Gasteiger charge is -2.20. The first-order valence-corrected chi connectivity index (χ1v) is 9.21. The van der Waals surface area contributed by atoms with E-state index in [9.17, 15) is 5.11 Å². The van der Waals surface area contributed by atoms with E-state index in [0.717, 1.165) is 22.6 Å². The molecule has 2 heterocycles. The fourth-order valence-electron chi connectivity index (χ4n) is 2.86. The summed E-state index contributed by atoms with van der Waals surface area (Å²) in [4.78, 5) is 4.69. The molecule has 0 aliphatic rings. The summed E-state index contributed by atoms with van der Waals surface area (Å²) in [5, 5.41) is 30.1. The van der Waals surface area contributed by atoms with Crippen molar-refractivity contribution in [1.29, 1.82) is 0 Å². The number of anilines is 2. The van der Waals surface area contributed by atoms with Crippen molar-refractivity contribution in [2.24, 2.45) is 0 Å². The highest BCUT2D eigenvalue weighted by atomic mass is 16.3. The third-order valence-electron chi connectivity index (χ3n) is 4.58. The number of nitrogens with one attached hydrogen (secondary N) is 2. The highest BCUT2D eigenvalue weighted by Crippen LogP contribution is 2.24. The van der Waals surface area contributed by atoms with Crippen LogP contribution < -0.4 is 10.6 Å². The standard InChI is InChI=1S/C20H27N5O2/c1-13(2)16-11-22-25-19(21-10-15-7-5-4-6-8-15)9-18(24-20(16)25)23-14(3)17(27)12-26/h4-9,11,13-14,17,21,26-27H,10,12H2,1-3H3,(H,23,24)/t14-,17-/m0/s1. The van der Waals surface area contributed by atoms with Gasteiger partial charge in [0.05, 0.1) is 24.9 Å². The van der Waals surface area contributed by atoms with Crippen LogP contribution in [0, 0.1) is 0 Å². The Morgan fingerprint density at radius 2 is 1.89 bits per heavy atom. The topological polar surface area (TPSA) is 94.7 Å². The minimum Gasteiger partial charge on any atom is -0.394 e. The summed E-state index contributed by atoms with van der Waals surface area (Å²) in [6.45, 7) is 6.37. The first-order valence-electron chi connectivity index (χ1n) is 9.21. The Balaban J connectivity index is 1.94. The number of fused-ring (bicyclic) bond motifs is 1. The van der Waals surface area contributed by atoms with Crippen molar-refractivity contribution in [3.05, 3.63) is 53.7 Å². The molecule has 2 atom stereocenters. The van der Waals surface area contributed by atoms with Gasteiger partial charge in [0.25, 0.3) is 0 Å². The molecule has 0 saturated heterocycles. The zero-order valence-corrected chi connectivity index (χ0v) is 15.9. The number of hydrogen-bond acceptors (Lipinski definition) is 6. The molecule has 1 aromatic carbocycles. The summed E-state index contributed by atoms with van der Waals surface area (Å²) in [5.41, 5.74) is 2.99. The summed E-state index contributed by atoms with van der Waals surface area (Å²) in [7, 11) is 0. The zero-order valence-electron chi connectivity index (χ0n) is 15.9. The molecule has 27 heavy (non-hydrogen) atoms. The summed E-state index contributed by atoms with van der Waals surface area (Å²) < 4.78 is 1.80. The van der Waals surface area contributed by atoms with Crippen LogP contribution in [0.5, 0.6) is 0 Å². The Bertz CT molecular complexity index is 879. The number of nitrogens with zero attached hydrogens (tertiary/aromatic N) is 3. The second kappa shape index (κ2) is 8.37. The van der Waals surface area contributed by atoms with E-state index in [4.69, 9.17) is 5.11 Å². The second-order valence-electron chi connectivity index (χ2n) is 7.04. The molecule has 0 bridgehead atoms. The van der Waals surface area contributed by atoms with Crippen molar-refractivity contribution in [3.63, 3.8) is 0 Å². The van der Waals surface area contributed by atoms with Crippen LogP contribution in [0.4, 0.5) is 11.6 Å². The van der Waals surface area contributed by atoms with E-state index in [1.54, 1.807) is 4.52 Å². The fraction of sp³-hybridized carbons (Fsp3) is 0.400. The quantitative estimate of drug-likeness (QED) is 0.488. The molecule has 0 aliphatic carbocycles. The first kappa shape index (κ1) is 19.1. The van der Waals surface area contributed by atoms with Gasteiger partial charge in [0, 0.05) is 18.2 Å². The molecule has 3 rings (SSSR count). The number of rotatable bonds is 8. The predicted octanol–water partition coefficient (Wildman–Crippen LogP) is 2.62. The van der Waals surface area contributed by atoms with Gasteiger partial charge in [0.1, 0.15) is 11.6 Å². The van der Waals surface area contributed by atoms with Crippen LogP contribution in [-0.4, -0.2) is 43.6 Å². The normalized spacial score (nSPS) is 13.7. The summed E-state index contributed by atoms with van der Waals surface area (Å²) in [6.07, 6.45) is 0.981. The van der Waals surface area contributed by atoms with Crippen molar-refractivity contribution in [2.45, 2.75) is 45.4 Å².